The molecule has 0 N–H and O–H groups in total. The molecule has 0 aliphatic heterocycles. The van der Waals surface area contributed by atoms with E-state index in [1.807, 2.05) is 38.1 Å². The molecule has 5 heteroatoms. The molecule has 5 nitrogen and oxygen atoms in total. The van der Waals surface area contributed by atoms with Crippen molar-refractivity contribution in [1.29, 1.82) is 0 Å². The third-order valence-electron chi connectivity index (χ3n) is 6.56. The number of hydrogen-bond acceptors (Lipinski definition) is 5. The molecule has 2 saturated carbocycles. The van der Waals surface area contributed by atoms with Gasteiger partial charge in [0, 0.05) is 29.8 Å². The molecule has 2 aliphatic carbocycles. The minimum absolute atomic E-state index is 0.151. The van der Waals surface area contributed by atoms with E-state index >= 15 is 0 Å². The molecule has 0 amide bonds. The van der Waals surface area contributed by atoms with E-state index in [4.69, 9.17) is 9.26 Å². The summed E-state index contributed by atoms with van der Waals surface area (Å²) in [5.74, 6) is 1.99. The highest BCUT2D eigenvalue weighted by Crippen LogP contribution is 2.35. The first-order valence-electron chi connectivity index (χ1n) is 11.6. The van der Waals surface area contributed by atoms with Gasteiger partial charge < -0.3 is 9.26 Å². The summed E-state index contributed by atoms with van der Waals surface area (Å²) in [7, 11) is 0. The highest BCUT2D eigenvalue weighted by molar-refractivity contribution is 5.60. The number of nitrogens with zero attached hydrogens (tertiary/aromatic N) is 3. The Bertz CT molecular complexity index is 972. The predicted octanol–water partition coefficient (Wildman–Crippen LogP) is 6.10. The van der Waals surface area contributed by atoms with Gasteiger partial charge in [-0.1, -0.05) is 42.3 Å². The van der Waals surface area contributed by atoms with Crippen LogP contribution in [0, 0.1) is 0 Å². The van der Waals surface area contributed by atoms with E-state index in [0.717, 1.165) is 35.5 Å². The summed E-state index contributed by atoms with van der Waals surface area (Å²) in [6.07, 6.45) is 8.39. The average Bonchev–Trinajstić information content (AvgIpc) is 3.16. The monoisotopic (exact) mass is 417 g/mol. The van der Waals surface area contributed by atoms with Gasteiger partial charge in [0.25, 0.3) is 5.89 Å². The smallest absolute Gasteiger partial charge is 0.258 e. The molecular formula is C26H31N3O2. The molecule has 2 fully saturated rings. The molecule has 0 atom stereocenters. The standard InChI is InChI=1S/C26H31N3O2/c1-18(2)30-24-15-13-21(14-16-24)26-27-25(28-31-26)20-11-9-19(10-12-20)17-29(22-5-3-6-22)23-7-4-8-23/h9-16,18,22-23H,3-8,17H2,1-2H3. The van der Waals surface area contributed by atoms with Crippen molar-refractivity contribution in [2.45, 2.75) is 77.1 Å². The third kappa shape index (κ3) is 4.52. The molecule has 3 aromatic rings. The molecule has 5 rings (SSSR count). The van der Waals surface area contributed by atoms with E-state index in [-0.39, 0.29) is 6.10 Å². The van der Waals surface area contributed by atoms with Gasteiger partial charge in [0.15, 0.2) is 0 Å². The van der Waals surface area contributed by atoms with Crippen LogP contribution in [0.4, 0.5) is 0 Å². The average molecular weight is 418 g/mol. The van der Waals surface area contributed by atoms with E-state index in [1.54, 1.807) is 0 Å². The summed E-state index contributed by atoms with van der Waals surface area (Å²) in [5, 5.41) is 4.20. The quantitative estimate of drug-likeness (QED) is 0.443. The molecule has 0 spiro atoms. The van der Waals surface area contributed by atoms with Crippen LogP contribution >= 0.6 is 0 Å². The normalized spacial score (nSPS) is 17.0. The van der Waals surface area contributed by atoms with Gasteiger partial charge >= 0.3 is 0 Å². The van der Waals surface area contributed by atoms with E-state index in [9.17, 15) is 0 Å². The molecule has 162 valence electrons. The zero-order valence-electron chi connectivity index (χ0n) is 18.5. The Hall–Kier alpha value is -2.66. The minimum atomic E-state index is 0.151. The first-order chi connectivity index (χ1) is 15.2. The lowest BCUT2D eigenvalue weighted by atomic mass is 9.84. The maximum atomic E-state index is 5.70. The maximum absolute atomic E-state index is 5.70. The van der Waals surface area contributed by atoms with Gasteiger partial charge in [-0.15, -0.1) is 0 Å². The van der Waals surface area contributed by atoms with Crippen LogP contribution in [0.15, 0.2) is 53.1 Å². The van der Waals surface area contributed by atoms with Gasteiger partial charge in [-0.25, -0.2) is 0 Å². The second-order valence-corrected chi connectivity index (χ2v) is 9.15. The van der Waals surface area contributed by atoms with Gasteiger partial charge in [-0.3, -0.25) is 4.90 Å². The molecule has 0 saturated heterocycles. The number of rotatable bonds is 8. The van der Waals surface area contributed by atoms with Crippen molar-refractivity contribution in [3.63, 3.8) is 0 Å². The summed E-state index contributed by atoms with van der Waals surface area (Å²) in [6.45, 7) is 5.08. The first-order valence-corrected chi connectivity index (χ1v) is 11.6. The summed E-state index contributed by atoms with van der Waals surface area (Å²) >= 11 is 0. The van der Waals surface area contributed by atoms with Crippen molar-refractivity contribution >= 4 is 0 Å². The van der Waals surface area contributed by atoms with Crippen LogP contribution < -0.4 is 4.74 Å². The molecule has 1 heterocycles. The topological polar surface area (TPSA) is 51.4 Å². The maximum Gasteiger partial charge on any atom is 0.258 e. The zero-order valence-corrected chi connectivity index (χ0v) is 18.5. The Balaban J connectivity index is 1.26. The van der Waals surface area contributed by atoms with E-state index in [2.05, 4.69) is 39.3 Å². The minimum Gasteiger partial charge on any atom is -0.491 e. The number of benzene rings is 2. The summed E-state index contributed by atoms with van der Waals surface area (Å²) in [6, 6.07) is 18.0. The van der Waals surface area contributed by atoms with Crippen molar-refractivity contribution in [3.05, 3.63) is 54.1 Å². The van der Waals surface area contributed by atoms with E-state index in [1.165, 1.54) is 44.1 Å². The molecule has 2 aliphatic rings. The highest BCUT2D eigenvalue weighted by atomic mass is 16.5. The van der Waals surface area contributed by atoms with Gasteiger partial charge in [0.05, 0.1) is 6.10 Å². The van der Waals surface area contributed by atoms with Crippen molar-refractivity contribution in [2.24, 2.45) is 0 Å². The summed E-state index contributed by atoms with van der Waals surface area (Å²) in [5.41, 5.74) is 3.24. The molecular weight excluding hydrogens is 386 g/mol. The second-order valence-electron chi connectivity index (χ2n) is 9.15. The molecule has 1 aromatic heterocycles. The highest BCUT2D eigenvalue weighted by Gasteiger charge is 2.33. The van der Waals surface area contributed by atoms with Crippen molar-refractivity contribution < 1.29 is 9.26 Å². The van der Waals surface area contributed by atoms with Crippen LogP contribution in [0.25, 0.3) is 22.8 Å². The lowest BCUT2D eigenvalue weighted by molar-refractivity contribution is 0.0332. The Morgan fingerprint density at radius 3 is 2.06 bits per heavy atom. The van der Waals surface area contributed by atoms with Gasteiger partial charge in [-0.05, 0) is 69.4 Å². The fourth-order valence-corrected chi connectivity index (χ4v) is 4.37. The predicted molar refractivity (Wildman–Crippen MR) is 122 cm³/mol. The van der Waals surface area contributed by atoms with Crippen LogP contribution in [-0.2, 0) is 6.54 Å². The van der Waals surface area contributed by atoms with Crippen molar-refractivity contribution in [2.75, 3.05) is 0 Å². The molecule has 31 heavy (non-hydrogen) atoms. The molecule has 0 bridgehead atoms. The Morgan fingerprint density at radius 1 is 0.903 bits per heavy atom. The fourth-order valence-electron chi connectivity index (χ4n) is 4.37. The molecule has 2 aromatic carbocycles. The summed E-state index contributed by atoms with van der Waals surface area (Å²) < 4.78 is 11.2. The lowest BCUT2D eigenvalue weighted by Gasteiger charge is -2.46. The van der Waals surface area contributed by atoms with Crippen molar-refractivity contribution in [3.8, 4) is 28.6 Å². The number of ether oxygens (including phenoxy) is 1. The Kier molecular flexibility index (Phi) is 5.77. The van der Waals surface area contributed by atoms with Gasteiger partial charge in [0.2, 0.25) is 5.82 Å². The number of hydrogen-bond donors (Lipinski definition) is 0. The number of aromatic nitrogens is 2. The van der Waals surface area contributed by atoms with Gasteiger partial charge in [0.1, 0.15) is 5.75 Å². The van der Waals surface area contributed by atoms with Crippen LogP contribution in [-0.4, -0.2) is 33.2 Å². The SMILES string of the molecule is CC(C)Oc1ccc(-c2nc(-c3ccc(CN(C4CCC4)C4CCC4)cc3)no2)cc1. The van der Waals surface area contributed by atoms with Crippen LogP contribution in [0.5, 0.6) is 5.75 Å². The van der Waals surface area contributed by atoms with Crippen LogP contribution in [0.2, 0.25) is 0 Å². The van der Waals surface area contributed by atoms with Crippen LogP contribution in [0.1, 0.15) is 57.9 Å². The molecule has 0 radical (unpaired) electrons. The zero-order chi connectivity index (χ0) is 21.2. The van der Waals surface area contributed by atoms with Crippen molar-refractivity contribution in [1.82, 2.24) is 15.0 Å². The second kappa shape index (κ2) is 8.83. The van der Waals surface area contributed by atoms with E-state index < -0.39 is 0 Å². The van der Waals surface area contributed by atoms with Crippen LogP contribution in [0.3, 0.4) is 0 Å². The lowest BCUT2D eigenvalue weighted by Crippen LogP contribution is -2.48. The Labute approximate surface area is 184 Å². The first kappa shape index (κ1) is 20.3. The van der Waals surface area contributed by atoms with Gasteiger partial charge in [-0.2, -0.15) is 4.98 Å². The largest absolute Gasteiger partial charge is 0.491 e. The Morgan fingerprint density at radius 2 is 1.52 bits per heavy atom. The fraction of sp³-hybridized carbons (Fsp3) is 0.462. The summed E-state index contributed by atoms with van der Waals surface area (Å²) in [4.78, 5) is 7.36. The van der Waals surface area contributed by atoms with E-state index in [0.29, 0.717) is 11.7 Å². The molecule has 0 unspecified atom stereocenters. The third-order valence-corrected chi connectivity index (χ3v) is 6.56.